The SMILES string of the molecule is Cc1ccc(C(=O)NCC2CCN(S(=O)(=O)c3cccnc3)CC2)cc1[N+](=O)[O-]. The predicted molar refractivity (Wildman–Crippen MR) is 106 cm³/mol. The van der Waals surface area contributed by atoms with E-state index in [1.54, 1.807) is 25.1 Å². The monoisotopic (exact) mass is 418 g/mol. The van der Waals surface area contributed by atoms with Crippen molar-refractivity contribution in [1.29, 1.82) is 0 Å². The molecular weight excluding hydrogens is 396 g/mol. The third kappa shape index (κ3) is 4.77. The van der Waals surface area contributed by atoms with E-state index in [2.05, 4.69) is 10.3 Å². The summed E-state index contributed by atoms with van der Waals surface area (Å²) in [6.45, 7) is 2.75. The van der Waals surface area contributed by atoms with E-state index in [9.17, 15) is 23.3 Å². The molecule has 1 aromatic heterocycles. The van der Waals surface area contributed by atoms with Gasteiger partial charge in [0.15, 0.2) is 0 Å². The van der Waals surface area contributed by atoms with Crippen LogP contribution in [-0.4, -0.2) is 48.2 Å². The highest BCUT2D eigenvalue weighted by Gasteiger charge is 2.29. The van der Waals surface area contributed by atoms with Crippen molar-refractivity contribution in [3.8, 4) is 0 Å². The number of aryl methyl sites for hydroxylation is 1. The fourth-order valence-electron chi connectivity index (χ4n) is 3.29. The third-order valence-electron chi connectivity index (χ3n) is 5.06. The van der Waals surface area contributed by atoms with Gasteiger partial charge in [-0.1, -0.05) is 6.07 Å². The normalized spacial score (nSPS) is 15.8. The van der Waals surface area contributed by atoms with Gasteiger partial charge in [-0.25, -0.2) is 8.42 Å². The topological polar surface area (TPSA) is 123 Å². The van der Waals surface area contributed by atoms with E-state index in [0.717, 1.165) is 0 Å². The molecule has 0 saturated carbocycles. The van der Waals surface area contributed by atoms with Crippen molar-refractivity contribution in [2.75, 3.05) is 19.6 Å². The van der Waals surface area contributed by atoms with Crippen molar-refractivity contribution in [1.82, 2.24) is 14.6 Å². The number of carbonyl (C=O) groups is 1. The van der Waals surface area contributed by atoms with Gasteiger partial charge in [-0.15, -0.1) is 0 Å². The number of nitro benzene ring substituents is 1. The summed E-state index contributed by atoms with van der Waals surface area (Å²) in [5.41, 5.74) is 0.638. The zero-order chi connectivity index (χ0) is 21.0. The Hall–Kier alpha value is -2.85. The summed E-state index contributed by atoms with van der Waals surface area (Å²) in [6, 6.07) is 7.49. The quantitative estimate of drug-likeness (QED) is 0.566. The van der Waals surface area contributed by atoms with Crippen LogP contribution in [0.5, 0.6) is 0 Å². The van der Waals surface area contributed by atoms with Crippen LogP contribution in [0.2, 0.25) is 0 Å². The van der Waals surface area contributed by atoms with Crippen LogP contribution >= 0.6 is 0 Å². The molecule has 0 aliphatic carbocycles. The molecule has 0 spiro atoms. The Labute approximate surface area is 169 Å². The second-order valence-corrected chi connectivity index (χ2v) is 8.94. The number of nitrogens with zero attached hydrogens (tertiary/aromatic N) is 3. The molecule has 1 amide bonds. The zero-order valence-corrected chi connectivity index (χ0v) is 16.8. The number of nitrogens with one attached hydrogen (secondary N) is 1. The second kappa shape index (κ2) is 8.66. The lowest BCUT2D eigenvalue weighted by Gasteiger charge is -2.31. The highest BCUT2D eigenvalue weighted by molar-refractivity contribution is 7.89. The van der Waals surface area contributed by atoms with Crippen LogP contribution in [-0.2, 0) is 10.0 Å². The maximum absolute atomic E-state index is 12.6. The Morgan fingerprint density at radius 2 is 2.03 bits per heavy atom. The fraction of sp³-hybridized carbons (Fsp3) is 0.368. The minimum absolute atomic E-state index is 0.0911. The smallest absolute Gasteiger partial charge is 0.273 e. The number of hydrogen-bond acceptors (Lipinski definition) is 6. The van der Waals surface area contributed by atoms with Crippen molar-refractivity contribution in [3.63, 3.8) is 0 Å². The maximum Gasteiger partial charge on any atom is 0.273 e. The molecule has 2 heterocycles. The van der Waals surface area contributed by atoms with Gasteiger partial charge in [0.1, 0.15) is 4.90 Å². The molecule has 9 nitrogen and oxygen atoms in total. The molecule has 2 aromatic rings. The number of carbonyl (C=O) groups excluding carboxylic acids is 1. The molecular formula is C19H22N4O5S. The second-order valence-electron chi connectivity index (χ2n) is 7.00. The lowest BCUT2D eigenvalue weighted by molar-refractivity contribution is -0.385. The van der Waals surface area contributed by atoms with Crippen LogP contribution in [0.15, 0.2) is 47.6 Å². The van der Waals surface area contributed by atoms with Gasteiger partial charge in [-0.05, 0) is 43.9 Å². The van der Waals surface area contributed by atoms with E-state index in [1.165, 1.54) is 28.8 Å². The van der Waals surface area contributed by atoms with Crippen LogP contribution in [0, 0.1) is 23.0 Å². The number of hydrogen-bond donors (Lipinski definition) is 1. The average molecular weight is 418 g/mol. The number of sulfonamides is 1. The molecule has 0 atom stereocenters. The van der Waals surface area contributed by atoms with Gasteiger partial charge in [0.05, 0.1) is 4.92 Å². The summed E-state index contributed by atoms with van der Waals surface area (Å²) in [6.07, 6.45) is 4.10. The van der Waals surface area contributed by atoms with Crippen LogP contribution in [0.1, 0.15) is 28.8 Å². The first-order valence-corrected chi connectivity index (χ1v) is 10.7. The van der Waals surface area contributed by atoms with E-state index < -0.39 is 14.9 Å². The molecule has 1 saturated heterocycles. The average Bonchev–Trinajstić information content (AvgIpc) is 2.73. The van der Waals surface area contributed by atoms with Gasteiger partial charge in [0.25, 0.3) is 11.6 Å². The summed E-state index contributed by atoms with van der Waals surface area (Å²) < 4.78 is 26.7. The van der Waals surface area contributed by atoms with E-state index in [-0.39, 0.29) is 28.0 Å². The molecule has 1 aliphatic heterocycles. The maximum atomic E-state index is 12.6. The van der Waals surface area contributed by atoms with Crippen molar-refractivity contribution < 1.29 is 18.1 Å². The number of aromatic nitrogens is 1. The van der Waals surface area contributed by atoms with E-state index in [0.29, 0.717) is 38.0 Å². The first-order chi connectivity index (χ1) is 13.8. The molecule has 154 valence electrons. The lowest BCUT2D eigenvalue weighted by Crippen LogP contribution is -2.41. The molecule has 3 rings (SSSR count). The molecule has 1 aromatic carbocycles. The number of piperidine rings is 1. The van der Waals surface area contributed by atoms with Gasteiger partial charge in [-0.3, -0.25) is 19.9 Å². The van der Waals surface area contributed by atoms with Gasteiger partial charge >= 0.3 is 0 Å². The zero-order valence-electron chi connectivity index (χ0n) is 15.9. The fourth-order valence-corrected chi connectivity index (χ4v) is 4.72. The minimum atomic E-state index is -3.56. The van der Waals surface area contributed by atoms with E-state index >= 15 is 0 Å². The third-order valence-corrected chi connectivity index (χ3v) is 6.95. The number of benzene rings is 1. The Balaban J connectivity index is 1.55. The van der Waals surface area contributed by atoms with Crippen LogP contribution in [0.3, 0.4) is 0 Å². The lowest BCUT2D eigenvalue weighted by atomic mass is 9.98. The van der Waals surface area contributed by atoms with Crippen LogP contribution in [0.25, 0.3) is 0 Å². The van der Waals surface area contributed by atoms with Crippen LogP contribution < -0.4 is 5.32 Å². The van der Waals surface area contributed by atoms with E-state index in [1.807, 2.05) is 0 Å². The number of amides is 1. The van der Waals surface area contributed by atoms with Crippen molar-refractivity contribution in [2.45, 2.75) is 24.7 Å². The van der Waals surface area contributed by atoms with Gasteiger partial charge in [0, 0.05) is 49.2 Å². The highest BCUT2D eigenvalue weighted by atomic mass is 32.2. The number of rotatable bonds is 6. The number of nitro groups is 1. The summed E-state index contributed by atoms with van der Waals surface area (Å²) in [4.78, 5) is 26.9. The summed E-state index contributed by atoms with van der Waals surface area (Å²) in [5.74, 6) is -0.238. The number of pyridine rings is 1. The first kappa shape index (κ1) is 20.9. The van der Waals surface area contributed by atoms with Gasteiger partial charge < -0.3 is 5.32 Å². The summed E-state index contributed by atoms with van der Waals surface area (Å²) in [5, 5.41) is 13.8. The highest BCUT2D eigenvalue weighted by Crippen LogP contribution is 2.23. The van der Waals surface area contributed by atoms with Crippen LogP contribution in [0.4, 0.5) is 5.69 Å². The van der Waals surface area contributed by atoms with E-state index in [4.69, 9.17) is 0 Å². The molecule has 0 radical (unpaired) electrons. The van der Waals surface area contributed by atoms with Gasteiger partial charge in [0.2, 0.25) is 10.0 Å². The minimum Gasteiger partial charge on any atom is -0.352 e. The molecule has 1 aliphatic rings. The van der Waals surface area contributed by atoms with Crippen molar-refractivity contribution >= 4 is 21.6 Å². The largest absolute Gasteiger partial charge is 0.352 e. The Morgan fingerprint density at radius 1 is 1.31 bits per heavy atom. The molecule has 0 unspecified atom stereocenters. The Bertz CT molecular complexity index is 1000. The molecule has 1 fully saturated rings. The predicted octanol–water partition coefficient (Wildman–Crippen LogP) is 2.13. The molecule has 0 bridgehead atoms. The molecule has 1 N–H and O–H groups in total. The molecule has 29 heavy (non-hydrogen) atoms. The molecule has 10 heteroatoms. The Morgan fingerprint density at radius 3 is 2.66 bits per heavy atom. The van der Waals surface area contributed by atoms with Gasteiger partial charge in [-0.2, -0.15) is 4.31 Å². The Kier molecular flexibility index (Phi) is 6.23. The summed E-state index contributed by atoms with van der Waals surface area (Å²) >= 11 is 0. The first-order valence-electron chi connectivity index (χ1n) is 9.22. The summed E-state index contributed by atoms with van der Waals surface area (Å²) in [7, 11) is -3.56. The standard InChI is InChI=1S/C19H22N4O5S/c1-14-4-5-16(11-18(14)23(25)26)19(24)21-12-15-6-9-22(10-7-15)29(27,28)17-3-2-8-20-13-17/h2-5,8,11,13,15H,6-7,9-10,12H2,1H3,(H,21,24). The van der Waals surface area contributed by atoms with Crippen molar-refractivity contribution in [2.24, 2.45) is 5.92 Å². The van der Waals surface area contributed by atoms with Crippen molar-refractivity contribution in [3.05, 3.63) is 64.0 Å².